The summed E-state index contributed by atoms with van der Waals surface area (Å²) in [6.07, 6.45) is 47.1. The van der Waals surface area contributed by atoms with E-state index in [1.165, 1.54) is 186 Å². The minimum Gasteiger partial charge on any atom is -0.466 e. The molecule has 0 aromatic carbocycles. The highest BCUT2D eigenvalue weighted by Gasteiger charge is 2.03. The third-order valence-electron chi connectivity index (χ3n) is 9.19. The molecule has 0 aliphatic carbocycles. The van der Waals surface area contributed by atoms with E-state index in [4.69, 9.17) is 4.74 Å². The van der Waals surface area contributed by atoms with Gasteiger partial charge in [-0.3, -0.25) is 4.79 Å². The summed E-state index contributed by atoms with van der Waals surface area (Å²) < 4.78 is 5.45. The maximum Gasteiger partial charge on any atom is 0.305 e. The Morgan fingerprint density at radius 2 is 0.881 bits per heavy atom. The maximum atomic E-state index is 12.0. The van der Waals surface area contributed by atoms with Gasteiger partial charge in [-0.2, -0.15) is 0 Å². The van der Waals surface area contributed by atoms with Gasteiger partial charge >= 0.3 is 5.97 Å². The van der Waals surface area contributed by atoms with Crippen molar-refractivity contribution < 1.29 is 9.53 Å². The minimum absolute atomic E-state index is 0.0247. The monoisotopic (exact) mass is 591 g/mol. The molecule has 0 aliphatic heterocycles. The summed E-state index contributed by atoms with van der Waals surface area (Å²) in [7, 11) is 0. The Hall–Kier alpha value is -0.790. The fourth-order valence-electron chi connectivity index (χ4n) is 5.87. The summed E-state index contributed by atoms with van der Waals surface area (Å²) in [6, 6.07) is 0. The van der Waals surface area contributed by atoms with Crippen molar-refractivity contribution in [2.45, 2.75) is 226 Å². The van der Waals surface area contributed by atoms with Crippen LogP contribution in [0.1, 0.15) is 226 Å². The molecule has 2 heteroatoms. The highest BCUT2D eigenvalue weighted by Crippen LogP contribution is 2.16. The molecule has 2 nitrogen and oxygen atoms in total. The van der Waals surface area contributed by atoms with E-state index in [1.54, 1.807) is 0 Å². The molecular formula is C40H78O2. The number of allylic oxidation sites excluding steroid dienone is 2. The van der Waals surface area contributed by atoms with Gasteiger partial charge in [-0.25, -0.2) is 0 Å². The van der Waals surface area contributed by atoms with Gasteiger partial charge in [0.1, 0.15) is 0 Å². The molecule has 0 radical (unpaired) electrons. The number of esters is 1. The van der Waals surface area contributed by atoms with Crippen LogP contribution in [-0.2, 0) is 9.53 Å². The fraction of sp³-hybridized carbons (Fsp3) is 0.925. The number of hydrogen-bond donors (Lipinski definition) is 0. The van der Waals surface area contributed by atoms with Gasteiger partial charge in [-0.15, -0.1) is 0 Å². The SMILES string of the molecule is CCCCCCCCC=CCCCCCCCCCCCCCC(=O)OCCCCCCCCCCCCC(C)CC. The Bertz CT molecular complexity index is 540. The lowest BCUT2D eigenvalue weighted by molar-refractivity contribution is -0.143. The van der Waals surface area contributed by atoms with Crippen molar-refractivity contribution in [2.75, 3.05) is 6.61 Å². The second-order valence-corrected chi connectivity index (χ2v) is 13.5. The van der Waals surface area contributed by atoms with E-state index in [9.17, 15) is 4.79 Å². The van der Waals surface area contributed by atoms with Crippen molar-refractivity contribution >= 4 is 5.97 Å². The van der Waals surface area contributed by atoms with Gasteiger partial charge in [-0.1, -0.05) is 193 Å². The molecule has 0 fully saturated rings. The van der Waals surface area contributed by atoms with Gasteiger partial charge in [0.25, 0.3) is 0 Å². The molecule has 0 amide bonds. The van der Waals surface area contributed by atoms with Gasteiger partial charge in [0.15, 0.2) is 0 Å². The first kappa shape index (κ1) is 41.2. The molecule has 0 N–H and O–H groups in total. The van der Waals surface area contributed by atoms with E-state index in [1.807, 2.05) is 0 Å². The molecule has 1 unspecified atom stereocenters. The van der Waals surface area contributed by atoms with Crippen LogP contribution in [0.2, 0.25) is 0 Å². The fourth-order valence-corrected chi connectivity index (χ4v) is 5.87. The van der Waals surface area contributed by atoms with Crippen molar-refractivity contribution in [3.05, 3.63) is 12.2 Å². The minimum atomic E-state index is 0.0247. The molecule has 42 heavy (non-hydrogen) atoms. The van der Waals surface area contributed by atoms with Crippen LogP contribution >= 0.6 is 0 Å². The third-order valence-corrected chi connectivity index (χ3v) is 9.19. The Morgan fingerprint density at radius 3 is 1.33 bits per heavy atom. The Balaban J connectivity index is 3.19. The second kappa shape index (κ2) is 36.4. The van der Waals surface area contributed by atoms with Crippen LogP contribution in [0.5, 0.6) is 0 Å². The number of hydrogen-bond acceptors (Lipinski definition) is 2. The predicted molar refractivity (Wildman–Crippen MR) is 188 cm³/mol. The molecule has 0 bridgehead atoms. The van der Waals surface area contributed by atoms with Crippen molar-refractivity contribution in [1.29, 1.82) is 0 Å². The summed E-state index contributed by atoms with van der Waals surface area (Å²) in [5, 5.41) is 0. The van der Waals surface area contributed by atoms with Crippen LogP contribution in [0.15, 0.2) is 12.2 Å². The van der Waals surface area contributed by atoms with E-state index >= 15 is 0 Å². The van der Waals surface area contributed by atoms with Crippen LogP contribution < -0.4 is 0 Å². The molecule has 0 spiro atoms. The van der Waals surface area contributed by atoms with E-state index in [0.29, 0.717) is 13.0 Å². The van der Waals surface area contributed by atoms with E-state index in [-0.39, 0.29) is 5.97 Å². The normalized spacial score (nSPS) is 12.4. The summed E-state index contributed by atoms with van der Waals surface area (Å²) in [5.74, 6) is 0.938. The number of unbranched alkanes of at least 4 members (excludes halogenated alkanes) is 26. The van der Waals surface area contributed by atoms with Crippen LogP contribution in [0, 0.1) is 5.92 Å². The first-order valence-corrected chi connectivity index (χ1v) is 19.5. The average molecular weight is 591 g/mol. The third kappa shape index (κ3) is 35.4. The largest absolute Gasteiger partial charge is 0.466 e. The summed E-state index contributed by atoms with van der Waals surface area (Å²) in [6.45, 7) is 7.60. The van der Waals surface area contributed by atoms with Gasteiger partial charge in [0.2, 0.25) is 0 Å². The molecule has 0 heterocycles. The molecule has 0 aromatic heterocycles. The van der Waals surface area contributed by atoms with Crippen molar-refractivity contribution in [1.82, 2.24) is 0 Å². The molecule has 0 saturated heterocycles. The smallest absolute Gasteiger partial charge is 0.305 e. The topological polar surface area (TPSA) is 26.3 Å². The van der Waals surface area contributed by atoms with Gasteiger partial charge in [0, 0.05) is 6.42 Å². The molecular weight excluding hydrogens is 512 g/mol. The van der Waals surface area contributed by atoms with Gasteiger partial charge in [-0.05, 0) is 44.4 Å². The van der Waals surface area contributed by atoms with E-state index in [0.717, 1.165) is 18.8 Å². The Labute approximate surface area is 266 Å². The standard InChI is InChI=1S/C40H78O2/c1-4-6-7-8-9-10-11-12-13-14-15-16-17-18-19-20-21-25-28-31-34-37-40(41)42-38-35-32-29-26-23-22-24-27-30-33-36-39(3)5-2/h12-13,39H,4-11,14-38H2,1-3H3. The zero-order valence-corrected chi connectivity index (χ0v) is 29.4. The van der Waals surface area contributed by atoms with E-state index < -0.39 is 0 Å². The lowest BCUT2D eigenvalue weighted by Gasteiger charge is -2.07. The summed E-state index contributed by atoms with van der Waals surface area (Å²) in [4.78, 5) is 12.0. The van der Waals surface area contributed by atoms with Gasteiger partial charge < -0.3 is 4.74 Å². The quantitative estimate of drug-likeness (QED) is 0.0417. The Morgan fingerprint density at radius 1 is 0.500 bits per heavy atom. The lowest BCUT2D eigenvalue weighted by Crippen LogP contribution is -2.05. The lowest BCUT2D eigenvalue weighted by atomic mass is 9.99. The number of carbonyl (C=O) groups excluding carboxylic acids is 1. The van der Waals surface area contributed by atoms with Gasteiger partial charge in [0.05, 0.1) is 6.61 Å². The Kier molecular flexibility index (Phi) is 35.7. The van der Waals surface area contributed by atoms with Crippen LogP contribution in [0.25, 0.3) is 0 Å². The van der Waals surface area contributed by atoms with Crippen LogP contribution in [-0.4, -0.2) is 12.6 Å². The highest BCUT2D eigenvalue weighted by molar-refractivity contribution is 5.69. The number of carbonyl (C=O) groups is 1. The van der Waals surface area contributed by atoms with Crippen LogP contribution in [0.3, 0.4) is 0 Å². The molecule has 250 valence electrons. The highest BCUT2D eigenvalue weighted by atomic mass is 16.5. The molecule has 0 aliphatic rings. The first-order chi connectivity index (χ1) is 20.7. The van der Waals surface area contributed by atoms with Crippen molar-refractivity contribution in [3.63, 3.8) is 0 Å². The first-order valence-electron chi connectivity index (χ1n) is 19.5. The number of rotatable bonds is 35. The summed E-state index contributed by atoms with van der Waals surface area (Å²) >= 11 is 0. The zero-order valence-electron chi connectivity index (χ0n) is 29.4. The molecule has 0 rings (SSSR count). The molecule has 1 atom stereocenters. The summed E-state index contributed by atoms with van der Waals surface area (Å²) in [5.41, 5.74) is 0. The van der Waals surface area contributed by atoms with Crippen LogP contribution in [0.4, 0.5) is 0 Å². The van der Waals surface area contributed by atoms with Crippen molar-refractivity contribution in [2.24, 2.45) is 5.92 Å². The maximum absolute atomic E-state index is 12.0. The second-order valence-electron chi connectivity index (χ2n) is 13.5. The molecule has 0 aromatic rings. The van der Waals surface area contributed by atoms with E-state index in [2.05, 4.69) is 32.9 Å². The predicted octanol–water partition coefficient (Wildman–Crippen LogP) is 14.2. The zero-order chi connectivity index (χ0) is 30.6. The van der Waals surface area contributed by atoms with Crippen molar-refractivity contribution in [3.8, 4) is 0 Å². The average Bonchev–Trinajstić information content (AvgIpc) is 3.00. The molecule has 0 saturated carbocycles. The number of ether oxygens (including phenoxy) is 1.